The second-order valence-corrected chi connectivity index (χ2v) is 6.29. The Balaban J connectivity index is 1.67. The van der Waals surface area contributed by atoms with Crippen LogP contribution in [-0.4, -0.2) is 21.1 Å². The summed E-state index contributed by atoms with van der Waals surface area (Å²) in [6, 6.07) is 17.7. The van der Waals surface area contributed by atoms with Gasteiger partial charge in [0.25, 0.3) is 0 Å². The van der Waals surface area contributed by atoms with E-state index in [1.807, 2.05) is 31.2 Å². The van der Waals surface area contributed by atoms with Gasteiger partial charge in [-0.1, -0.05) is 36.4 Å². The van der Waals surface area contributed by atoms with Gasteiger partial charge in [0.1, 0.15) is 17.3 Å². The third-order valence-electron chi connectivity index (χ3n) is 4.10. The molecule has 0 amide bonds. The molecule has 2 aromatic carbocycles. The summed E-state index contributed by atoms with van der Waals surface area (Å²) >= 11 is 5.28. The molecular formula is C20H15FN4OS. The second kappa shape index (κ2) is 7.13. The van der Waals surface area contributed by atoms with Gasteiger partial charge < -0.3 is 4.42 Å². The van der Waals surface area contributed by atoms with Crippen LogP contribution in [0, 0.1) is 17.5 Å². The molecule has 0 aliphatic carbocycles. The Labute approximate surface area is 159 Å². The fraction of sp³-hybridized carbons (Fsp3) is 0.0500. The SMILES string of the molecule is Cc1ccccc1-c1n[nH]c(=S)n1/N=C\c1ccc(-c2ccccc2F)o1. The summed E-state index contributed by atoms with van der Waals surface area (Å²) in [6.45, 7) is 1.99. The van der Waals surface area contributed by atoms with Crippen molar-refractivity contribution in [2.75, 3.05) is 0 Å². The first-order valence-corrected chi connectivity index (χ1v) is 8.67. The van der Waals surface area contributed by atoms with Crippen LogP contribution in [0.3, 0.4) is 0 Å². The Hall–Kier alpha value is -3.32. The number of benzene rings is 2. The highest BCUT2D eigenvalue weighted by molar-refractivity contribution is 7.71. The maximum absolute atomic E-state index is 13.9. The van der Waals surface area contributed by atoms with E-state index in [2.05, 4.69) is 15.3 Å². The molecule has 27 heavy (non-hydrogen) atoms. The molecule has 7 heteroatoms. The van der Waals surface area contributed by atoms with Gasteiger partial charge in [-0.05, 0) is 49.0 Å². The first-order valence-electron chi connectivity index (χ1n) is 8.26. The predicted octanol–water partition coefficient (Wildman–Crippen LogP) is 5.20. The molecule has 0 atom stereocenters. The molecule has 134 valence electrons. The Morgan fingerprint density at radius 2 is 1.81 bits per heavy atom. The summed E-state index contributed by atoms with van der Waals surface area (Å²) in [7, 11) is 0. The maximum Gasteiger partial charge on any atom is 0.216 e. The number of rotatable bonds is 4. The highest BCUT2D eigenvalue weighted by Gasteiger charge is 2.11. The summed E-state index contributed by atoms with van der Waals surface area (Å²) < 4.78 is 21.5. The minimum absolute atomic E-state index is 0.339. The lowest BCUT2D eigenvalue weighted by Crippen LogP contribution is -1.96. The average Bonchev–Trinajstić information content (AvgIpc) is 3.28. The number of aryl methyl sites for hydroxylation is 1. The number of aromatic amines is 1. The third kappa shape index (κ3) is 3.37. The largest absolute Gasteiger partial charge is 0.455 e. The van der Waals surface area contributed by atoms with Gasteiger partial charge in [-0.25, -0.2) is 9.49 Å². The highest BCUT2D eigenvalue weighted by Crippen LogP contribution is 2.25. The molecule has 0 radical (unpaired) electrons. The van der Waals surface area contributed by atoms with E-state index in [1.165, 1.54) is 17.0 Å². The van der Waals surface area contributed by atoms with Crippen molar-refractivity contribution >= 4 is 18.4 Å². The van der Waals surface area contributed by atoms with E-state index in [-0.39, 0.29) is 5.82 Å². The summed E-state index contributed by atoms with van der Waals surface area (Å²) in [6.07, 6.45) is 1.53. The van der Waals surface area contributed by atoms with Gasteiger partial charge in [-0.2, -0.15) is 14.9 Å². The van der Waals surface area contributed by atoms with Crippen molar-refractivity contribution in [3.63, 3.8) is 0 Å². The minimum Gasteiger partial charge on any atom is -0.455 e. The van der Waals surface area contributed by atoms with Crippen molar-refractivity contribution in [1.82, 2.24) is 14.9 Å². The van der Waals surface area contributed by atoms with E-state index in [0.29, 0.717) is 27.7 Å². The van der Waals surface area contributed by atoms with Gasteiger partial charge >= 0.3 is 0 Å². The van der Waals surface area contributed by atoms with E-state index < -0.39 is 0 Å². The molecule has 0 fully saturated rings. The highest BCUT2D eigenvalue weighted by atomic mass is 32.1. The van der Waals surface area contributed by atoms with Gasteiger partial charge in [0.15, 0.2) is 5.82 Å². The van der Waals surface area contributed by atoms with Crippen LogP contribution in [0.2, 0.25) is 0 Å². The first-order chi connectivity index (χ1) is 13.1. The molecule has 4 rings (SSSR count). The lowest BCUT2D eigenvalue weighted by atomic mass is 10.1. The monoisotopic (exact) mass is 378 g/mol. The van der Waals surface area contributed by atoms with Crippen molar-refractivity contribution in [2.45, 2.75) is 6.92 Å². The molecule has 2 aromatic heterocycles. The molecule has 0 aliphatic heterocycles. The number of nitrogens with one attached hydrogen (secondary N) is 1. The number of furan rings is 1. The molecule has 0 bridgehead atoms. The summed E-state index contributed by atoms with van der Waals surface area (Å²) in [4.78, 5) is 0. The number of H-pyrrole nitrogens is 1. The van der Waals surface area contributed by atoms with Crippen LogP contribution in [0.5, 0.6) is 0 Å². The Bertz CT molecular complexity index is 1190. The lowest BCUT2D eigenvalue weighted by Gasteiger charge is -2.03. The third-order valence-corrected chi connectivity index (χ3v) is 4.37. The summed E-state index contributed by atoms with van der Waals surface area (Å²) in [5.41, 5.74) is 2.38. The Morgan fingerprint density at radius 3 is 2.59 bits per heavy atom. The number of nitrogens with zero attached hydrogens (tertiary/aromatic N) is 3. The molecule has 0 saturated carbocycles. The molecule has 4 aromatic rings. The van der Waals surface area contributed by atoms with E-state index in [0.717, 1.165) is 11.1 Å². The van der Waals surface area contributed by atoms with E-state index >= 15 is 0 Å². The molecular weight excluding hydrogens is 363 g/mol. The smallest absolute Gasteiger partial charge is 0.216 e. The van der Waals surface area contributed by atoms with Crippen molar-refractivity contribution in [3.05, 3.63) is 82.6 Å². The number of hydrogen-bond donors (Lipinski definition) is 1. The Kier molecular flexibility index (Phi) is 4.52. The van der Waals surface area contributed by atoms with Gasteiger partial charge in [0.05, 0.1) is 11.8 Å². The molecule has 0 aliphatic rings. The van der Waals surface area contributed by atoms with Crippen LogP contribution in [0.15, 0.2) is 70.2 Å². The van der Waals surface area contributed by atoms with Crippen LogP contribution >= 0.6 is 12.2 Å². The Morgan fingerprint density at radius 1 is 1.07 bits per heavy atom. The molecule has 0 saturated heterocycles. The van der Waals surface area contributed by atoms with Crippen molar-refractivity contribution in [2.24, 2.45) is 5.10 Å². The molecule has 1 N–H and O–H groups in total. The summed E-state index contributed by atoms with van der Waals surface area (Å²) in [5.74, 6) is 1.18. The molecule has 2 heterocycles. The fourth-order valence-electron chi connectivity index (χ4n) is 2.74. The molecule has 0 spiro atoms. The average molecular weight is 378 g/mol. The molecule has 5 nitrogen and oxygen atoms in total. The minimum atomic E-state index is -0.339. The van der Waals surface area contributed by atoms with Crippen LogP contribution in [-0.2, 0) is 0 Å². The number of aromatic nitrogens is 3. The number of hydrogen-bond acceptors (Lipinski definition) is 4. The zero-order valence-electron chi connectivity index (χ0n) is 14.4. The number of halogens is 1. The normalized spacial score (nSPS) is 11.3. The van der Waals surface area contributed by atoms with Gasteiger partial charge in [-0.15, -0.1) is 0 Å². The van der Waals surface area contributed by atoms with Gasteiger partial charge in [-0.3, -0.25) is 0 Å². The van der Waals surface area contributed by atoms with Crippen LogP contribution < -0.4 is 0 Å². The van der Waals surface area contributed by atoms with E-state index in [1.54, 1.807) is 30.3 Å². The van der Waals surface area contributed by atoms with Crippen molar-refractivity contribution in [1.29, 1.82) is 0 Å². The zero-order chi connectivity index (χ0) is 18.8. The van der Waals surface area contributed by atoms with Crippen molar-refractivity contribution < 1.29 is 8.81 Å². The van der Waals surface area contributed by atoms with E-state index in [9.17, 15) is 4.39 Å². The predicted molar refractivity (Wildman–Crippen MR) is 105 cm³/mol. The van der Waals surface area contributed by atoms with Crippen LogP contribution in [0.4, 0.5) is 4.39 Å². The fourth-order valence-corrected chi connectivity index (χ4v) is 2.92. The zero-order valence-corrected chi connectivity index (χ0v) is 15.2. The standard InChI is InChI=1S/C20H15FN4OS/c1-13-6-2-3-7-15(13)19-23-24-20(27)25(19)22-12-14-10-11-18(26-14)16-8-4-5-9-17(16)21/h2-12H,1H3,(H,24,27)/b22-12-. The van der Waals surface area contributed by atoms with Gasteiger partial charge in [0, 0.05) is 5.56 Å². The van der Waals surface area contributed by atoms with Crippen molar-refractivity contribution in [3.8, 4) is 22.7 Å². The quantitative estimate of drug-likeness (QED) is 0.392. The second-order valence-electron chi connectivity index (χ2n) is 5.91. The van der Waals surface area contributed by atoms with Crippen LogP contribution in [0.25, 0.3) is 22.7 Å². The molecule has 0 unspecified atom stereocenters. The summed E-state index contributed by atoms with van der Waals surface area (Å²) in [5, 5.41) is 11.4. The van der Waals surface area contributed by atoms with Crippen LogP contribution in [0.1, 0.15) is 11.3 Å². The lowest BCUT2D eigenvalue weighted by molar-refractivity contribution is 0.563. The maximum atomic E-state index is 13.9. The van der Waals surface area contributed by atoms with Gasteiger partial charge in [0.2, 0.25) is 4.77 Å². The van der Waals surface area contributed by atoms with E-state index in [4.69, 9.17) is 16.6 Å². The topological polar surface area (TPSA) is 59.1 Å². The first kappa shape index (κ1) is 17.1.